The Kier molecular flexibility index (Phi) is 3.51. The fourth-order valence-corrected chi connectivity index (χ4v) is 1.53. The summed E-state index contributed by atoms with van der Waals surface area (Å²) in [7, 11) is 0. The molecule has 0 fully saturated rings. The van der Waals surface area contributed by atoms with E-state index < -0.39 is 10.7 Å². The lowest BCUT2D eigenvalue weighted by Gasteiger charge is -2.06. The molecule has 19 heavy (non-hydrogen) atoms. The number of aldehydes is 1. The second-order valence-corrected chi connectivity index (χ2v) is 3.67. The highest BCUT2D eigenvalue weighted by atomic mass is 19.1. The van der Waals surface area contributed by atoms with E-state index in [9.17, 15) is 19.3 Å². The zero-order valence-electron chi connectivity index (χ0n) is 9.58. The molecule has 0 amide bonds. The van der Waals surface area contributed by atoms with Gasteiger partial charge in [-0.2, -0.15) is 0 Å². The van der Waals surface area contributed by atoms with Gasteiger partial charge in [-0.25, -0.2) is 4.39 Å². The Morgan fingerprint density at radius 1 is 1.21 bits per heavy atom. The number of rotatable bonds is 4. The molecular formula is C13H8FNO4. The number of para-hydroxylation sites is 2. The first-order valence-electron chi connectivity index (χ1n) is 5.27. The van der Waals surface area contributed by atoms with E-state index in [0.717, 1.165) is 12.1 Å². The van der Waals surface area contributed by atoms with Crippen molar-refractivity contribution in [2.24, 2.45) is 0 Å². The van der Waals surface area contributed by atoms with E-state index in [1.165, 1.54) is 24.3 Å². The topological polar surface area (TPSA) is 69.4 Å². The Bertz CT molecular complexity index is 642. The van der Waals surface area contributed by atoms with E-state index in [1.807, 2.05) is 0 Å². The molecule has 0 aliphatic rings. The molecule has 0 spiro atoms. The maximum absolute atomic E-state index is 13.2. The van der Waals surface area contributed by atoms with Crippen molar-refractivity contribution in [2.75, 3.05) is 0 Å². The van der Waals surface area contributed by atoms with Gasteiger partial charge in [-0.15, -0.1) is 0 Å². The van der Waals surface area contributed by atoms with Gasteiger partial charge in [0.2, 0.25) is 5.75 Å². The number of ether oxygens (including phenoxy) is 1. The fraction of sp³-hybridized carbons (Fsp3) is 0. The number of nitrogens with zero attached hydrogens (tertiary/aromatic N) is 1. The van der Waals surface area contributed by atoms with Crippen LogP contribution >= 0.6 is 0 Å². The van der Waals surface area contributed by atoms with Gasteiger partial charge in [-0.3, -0.25) is 14.9 Å². The maximum atomic E-state index is 13.2. The summed E-state index contributed by atoms with van der Waals surface area (Å²) < 4.78 is 18.5. The van der Waals surface area contributed by atoms with Crippen LogP contribution in [0.3, 0.4) is 0 Å². The van der Waals surface area contributed by atoms with Gasteiger partial charge >= 0.3 is 5.69 Å². The molecule has 0 aromatic heterocycles. The zero-order chi connectivity index (χ0) is 13.8. The quantitative estimate of drug-likeness (QED) is 0.480. The van der Waals surface area contributed by atoms with Crippen LogP contribution in [-0.2, 0) is 0 Å². The van der Waals surface area contributed by atoms with Crippen molar-refractivity contribution in [1.82, 2.24) is 0 Å². The van der Waals surface area contributed by atoms with Gasteiger partial charge in [0, 0.05) is 17.7 Å². The summed E-state index contributed by atoms with van der Waals surface area (Å²) in [5.74, 6) is -0.649. The molecule has 0 N–H and O–H groups in total. The molecule has 0 saturated carbocycles. The SMILES string of the molecule is O=Cc1cc(F)cc(Oc2ccccc2[N+](=O)[O-])c1. The van der Waals surface area contributed by atoms with E-state index >= 15 is 0 Å². The molecule has 0 unspecified atom stereocenters. The summed E-state index contributed by atoms with van der Waals surface area (Å²) in [4.78, 5) is 20.8. The zero-order valence-corrected chi connectivity index (χ0v) is 9.58. The smallest absolute Gasteiger partial charge is 0.311 e. The fourth-order valence-electron chi connectivity index (χ4n) is 1.53. The number of benzene rings is 2. The van der Waals surface area contributed by atoms with Gasteiger partial charge < -0.3 is 4.74 Å². The largest absolute Gasteiger partial charge is 0.450 e. The molecule has 0 atom stereocenters. The van der Waals surface area contributed by atoms with Crippen molar-refractivity contribution in [1.29, 1.82) is 0 Å². The van der Waals surface area contributed by atoms with Crippen LogP contribution in [0.15, 0.2) is 42.5 Å². The van der Waals surface area contributed by atoms with Crippen molar-refractivity contribution < 1.29 is 18.8 Å². The molecule has 2 rings (SSSR count). The highest BCUT2D eigenvalue weighted by Gasteiger charge is 2.15. The van der Waals surface area contributed by atoms with Crippen molar-refractivity contribution in [2.45, 2.75) is 0 Å². The van der Waals surface area contributed by atoms with Crippen molar-refractivity contribution >= 4 is 12.0 Å². The Labute approximate surface area is 107 Å². The minimum atomic E-state index is -0.654. The Balaban J connectivity index is 2.38. The van der Waals surface area contributed by atoms with Gasteiger partial charge in [-0.05, 0) is 18.2 Å². The van der Waals surface area contributed by atoms with Gasteiger partial charge in [-0.1, -0.05) is 12.1 Å². The minimum absolute atomic E-state index is 0.0186. The third-order valence-corrected chi connectivity index (χ3v) is 2.32. The molecule has 0 radical (unpaired) electrons. The molecule has 6 heteroatoms. The van der Waals surface area contributed by atoms with Crippen LogP contribution in [0.25, 0.3) is 0 Å². The van der Waals surface area contributed by atoms with Crippen LogP contribution in [0.2, 0.25) is 0 Å². The Morgan fingerprint density at radius 2 is 1.95 bits per heavy atom. The lowest BCUT2D eigenvalue weighted by Crippen LogP contribution is -1.94. The summed E-state index contributed by atoms with van der Waals surface area (Å²) in [6, 6.07) is 9.10. The van der Waals surface area contributed by atoms with E-state index in [1.54, 1.807) is 6.07 Å². The number of hydrogen-bond donors (Lipinski definition) is 0. The Hall–Kier alpha value is -2.76. The summed E-state index contributed by atoms with van der Waals surface area (Å²) >= 11 is 0. The molecule has 2 aromatic carbocycles. The number of carbonyl (C=O) groups excluding carboxylic acids is 1. The predicted octanol–water partition coefficient (Wildman–Crippen LogP) is 3.34. The standard InChI is InChI=1S/C13H8FNO4/c14-10-5-9(8-16)6-11(7-10)19-13-4-2-1-3-12(13)15(17)18/h1-8H. The summed E-state index contributed by atoms with van der Waals surface area (Å²) in [5, 5.41) is 10.8. The minimum Gasteiger partial charge on any atom is -0.450 e. The molecule has 0 aliphatic carbocycles. The summed E-state index contributed by atoms with van der Waals surface area (Å²) in [6.45, 7) is 0. The van der Waals surface area contributed by atoms with E-state index in [4.69, 9.17) is 4.74 Å². The van der Waals surface area contributed by atoms with Crippen molar-refractivity contribution in [3.8, 4) is 11.5 Å². The summed E-state index contributed by atoms with van der Waals surface area (Å²) in [5.41, 5.74) is -0.145. The molecule has 5 nitrogen and oxygen atoms in total. The molecular weight excluding hydrogens is 253 g/mol. The van der Waals surface area contributed by atoms with Crippen molar-refractivity contribution in [3.05, 3.63) is 64.0 Å². The lowest BCUT2D eigenvalue weighted by atomic mass is 10.2. The Morgan fingerprint density at radius 3 is 2.63 bits per heavy atom. The van der Waals surface area contributed by atoms with E-state index in [-0.39, 0.29) is 22.7 Å². The molecule has 0 saturated heterocycles. The molecule has 0 bridgehead atoms. The van der Waals surface area contributed by atoms with Crippen LogP contribution in [-0.4, -0.2) is 11.2 Å². The highest BCUT2D eigenvalue weighted by molar-refractivity contribution is 5.75. The van der Waals surface area contributed by atoms with Gasteiger partial charge in [0.15, 0.2) is 0 Å². The first-order chi connectivity index (χ1) is 9.10. The van der Waals surface area contributed by atoms with Crippen LogP contribution in [0.1, 0.15) is 10.4 Å². The third kappa shape index (κ3) is 2.92. The van der Waals surface area contributed by atoms with Gasteiger partial charge in [0.05, 0.1) is 4.92 Å². The predicted molar refractivity (Wildman–Crippen MR) is 65.0 cm³/mol. The number of nitro benzene ring substituents is 1. The van der Waals surface area contributed by atoms with Crippen molar-refractivity contribution in [3.63, 3.8) is 0 Å². The van der Waals surface area contributed by atoms with Crippen LogP contribution in [0.5, 0.6) is 11.5 Å². The number of halogens is 1. The van der Waals surface area contributed by atoms with Crippen LogP contribution < -0.4 is 4.74 Å². The lowest BCUT2D eigenvalue weighted by molar-refractivity contribution is -0.385. The first-order valence-corrected chi connectivity index (χ1v) is 5.27. The van der Waals surface area contributed by atoms with E-state index in [2.05, 4.69) is 0 Å². The molecule has 96 valence electrons. The normalized spacial score (nSPS) is 9.95. The summed E-state index contributed by atoms with van der Waals surface area (Å²) in [6.07, 6.45) is 0.468. The second-order valence-electron chi connectivity index (χ2n) is 3.67. The number of hydrogen-bond acceptors (Lipinski definition) is 4. The average molecular weight is 261 g/mol. The molecule has 0 aliphatic heterocycles. The highest BCUT2D eigenvalue weighted by Crippen LogP contribution is 2.31. The van der Waals surface area contributed by atoms with Crippen LogP contribution in [0, 0.1) is 15.9 Å². The first kappa shape index (κ1) is 12.7. The molecule has 2 aromatic rings. The maximum Gasteiger partial charge on any atom is 0.311 e. The second kappa shape index (κ2) is 5.26. The van der Waals surface area contributed by atoms with Gasteiger partial charge in [0.25, 0.3) is 0 Å². The average Bonchev–Trinajstić information content (AvgIpc) is 2.38. The monoisotopic (exact) mass is 261 g/mol. The number of carbonyl (C=O) groups is 1. The van der Waals surface area contributed by atoms with Gasteiger partial charge in [0.1, 0.15) is 17.9 Å². The van der Waals surface area contributed by atoms with Crippen LogP contribution in [0.4, 0.5) is 10.1 Å². The molecule has 0 heterocycles. The van der Waals surface area contributed by atoms with E-state index in [0.29, 0.717) is 6.29 Å². The third-order valence-electron chi connectivity index (χ3n) is 2.32. The number of nitro groups is 1.